The van der Waals surface area contributed by atoms with Gasteiger partial charge in [0.25, 0.3) is 0 Å². The fourth-order valence-corrected chi connectivity index (χ4v) is 2.15. The molecular weight excluding hydrogens is 297 g/mol. The highest BCUT2D eigenvalue weighted by molar-refractivity contribution is 5.85. The molecule has 1 atom stereocenters. The number of alkyl halides is 3. The predicted molar refractivity (Wildman–Crippen MR) is 71.9 cm³/mol. The number of rotatable bonds is 5. The molecule has 2 N–H and O–H groups in total. The number of amides is 1. The smallest absolute Gasteiger partial charge is 0.362 e. The van der Waals surface area contributed by atoms with Crippen LogP contribution in [-0.4, -0.2) is 44.4 Å². The number of piperidine rings is 1. The molecule has 120 valence electrons. The van der Waals surface area contributed by atoms with Crippen molar-refractivity contribution in [3.05, 3.63) is 0 Å². The first-order valence-corrected chi connectivity index (χ1v) is 6.35. The van der Waals surface area contributed by atoms with Crippen LogP contribution in [0.1, 0.15) is 26.7 Å². The Hall–Kier alpha value is -0.530. The minimum absolute atomic E-state index is 0. The molecule has 1 unspecified atom stereocenters. The molecule has 1 heterocycles. The Morgan fingerprint density at radius 2 is 2.10 bits per heavy atom. The van der Waals surface area contributed by atoms with Gasteiger partial charge in [0.15, 0.2) is 0 Å². The van der Waals surface area contributed by atoms with Crippen molar-refractivity contribution in [1.29, 1.82) is 0 Å². The number of ether oxygens (including phenoxy) is 1. The topological polar surface area (TPSA) is 50.4 Å². The summed E-state index contributed by atoms with van der Waals surface area (Å²) in [5.41, 5.74) is 0.0678. The van der Waals surface area contributed by atoms with Crippen LogP contribution in [0.2, 0.25) is 0 Å². The SMILES string of the molecule is CC1(C)CCCNC1CNC(=O)COCC(F)(F)F.Cl. The molecule has 0 saturated carbocycles. The van der Waals surface area contributed by atoms with Crippen LogP contribution in [0.3, 0.4) is 0 Å². The minimum Gasteiger partial charge on any atom is -0.362 e. The molecule has 1 amide bonds. The Morgan fingerprint density at radius 3 is 2.65 bits per heavy atom. The van der Waals surface area contributed by atoms with Crippen LogP contribution >= 0.6 is 12.4 Å². The lowest BCUT2D eigenvalue weighted by Crippen LogP contribution is -2.53. The van der Waals surface area contributed by atoms with E-state index in [0.717, 1.165) is 19.4 Å². The van der Waals surface area contributed by atoms with Crippen molar-refractivity contribution in [3.63, 3.8) is 0 Å². The first-order chi connectivity index (χ1) is 8.71. The van der Waals surface area contributed by atoms with Crippen LogP contribution in [-0.2, 0) is 9.53 Å². The van der Waals surface area contributed by atoms with E-state index in [1.54, 1.807) is 0 Å². The number of carbonyl (C=O) groups excluding carboxylic acids is 1. The molecule has 0 radical (unpaired) electrons. The average molecular weight is 319 g/mol. The highest BCUT2D eigenvalue weighted by atomic mass is 35.5. The van der Waals surface area contributed by atoms with E-state index in [4.69, 9.17) is 0 Å². The zero-order valence-electron chi connectivity index (χ0n) is 11.7. The first kappa shape index (κ1) is 19.5. The van der Waals surface area contributed by atoms with Crippen molar-refractivity contribution in [2.45, 2.75) is 38.9 Å². The second kappa shape index (κ2) is 8.05. The molecule has 1 saturated heterocycles. The van der Waals surface area contributed by atoms with Crippen molar-refractivity contribution < 1.29 is 22.7 Å². The van der Waals surface area contributed by atoms with Gasteiger partial charge in [-0.25, -0.2) is 0 Å². The van der Waals surface area contributed by atoms with Crippen molar-refractivity contribution in [1.82, 2.24) is 10.6 Å². The molecular formula is C12H22ClF3N2O2. The van der Waals surface area contributed by atoms with Gasteiger partial charge >= 0.3 is 6.18 Å². The summed E-state index contributed by atoms with van der Waals surface area (Å²) in [4.78, 5) is 11.4. The Kier molecular flexibility index (Phi) is 7.83. The number of hydrogen-bond donors (Lipinski definition) is 2. The summed E-state index contributed by atoms with van der Waals surface area (Å²) in [5.74, 6) is -0.521. The quantitative estimate of drug-likeness (QED) is 0.814. The van der Waals surface area contributed by atoms with E-state index in [2.05, 4.69) is 29.2 Å². The zero-order chi connectivity index (χ0) is 14.5. The minimum atomic E-state index is -4.40. The second-order valence-corrected chi connectivity index (χ2v) is 5.51. The van der Waals surface area contributed by atoms with Gasteiger partial charge in [-0.1, -0.05) is 13.8 Å². The third kappa shape index (κ3) is 7.31. The van der Waals surface area contributed by atoms with Crippen LogP contribution < -0.4 is 10.6 Å². The molecule has 4 nitrogen and oxygen atoms in total. The summed E-state index contributed by atoms with van der Waals surface area (Å²) in [6.07, 6.45) is -2.25. The van der Waals surface area contributed by atoms with Gasteiger partial charge in [-0.05, 0) is 24.8 Å². The third-order valence-electron chi connectivity index (χ3n) is 3.33. The maximum absolute atomic E-state index is 11.8. The average Bonchev–Trinajstić information content (AvgIpc) is 2.25. The summed E-state index contributed by atoms with van der Waals surface area (Å²) in [6, 6.07) is 0.132. The lowest BCUT2D eigenvalue weighted by Gasteiger charge is -2.39. The zero-order valence-corrected chi connectivity index (χ0v) is 12.5. The van der Waals surface area contributed by atoms with Gasteiger partial charge in [0.1, 0.15) is 13.2 Å². The highest BCUT2D eigenvalue weighted by Gasteiger charge is 2.32. The van der Waals surface area contributed by atoms with Gasteiger partial charge in [-0.3, -0.25) is 4.79 Å². The van der Waals surface area contributed by atoms with E-state index >= 15 is 0 Å². The monoisotopic (exact) mass is 318 g/mol. The molecule has 1 aliphatic heterocycles. The van der Waals surface area contributed by atoms with E-state index in [9.17, 15) is 18.0 Å². The van der Waals surface area contributed by atoms with Gasteiger partial charge in [-0.15, -0.1) is 12.4 Å². The first-order valence-electron chi connectivity index (χ1n) is 6.35. The summed E-state index contributed by atoms with van der Waals surface area (Å²) < 4.78 is 39.7. The second-order valence-electron chi connectivity index (χ2n) is 5.51. The van der Waals surface area contributed by atoms with Crippen LogP contribution in [0.5, 0.6) is 0 Å². The van der Waals surface area contributed by atoms with Crippen molar-refractivity contribution >= 4 is 18.3 Å². The predicted octanol–water partition coefficient (Wildman–Crippen LogP) is 1.88. The van der Waals surface area contributed by atoms with Crippen LogP contribution in [0.15, 0.2) is 0 Å². The molecule has 8 heteroatoms. The maximum atomic E-state index is 11.8. The van der Waals surface area contributed by atoms with E-state index < -0.39 is 25.3 Å². The van der Waals surface area contributed by atoms with Gasteiger partial charge in [0, 0.05) is 12.6 Å². The van der Waals surface area contributed by atoms with E-state index in [1.165, 1.54) is 0 Å². The molecule has 0 aromatic carbocycles. The Morgan fingerprint density at radius 1 is 1.45 bits per heavy atom. The lowest BCUT2D eigenvalue weighted by molar-refractivity contribution is -0.175. The standard InChI is InChI=1S/C12H21F3N2O2.ClH/c1-11(2)4-3-5-16-9(11)6-17-10(18)7-19-8-12(13,14)15;/h9,16H,3-8H2,1-2H3,(H,17,18);1H. The molecule has 0 aliphatic carbocycles. The van der Waals surface area contributed by atoms with E-state index in [0.29, 0.717) is 6.54 Å². The fourth-order valence-electron chi connectivity index (χ4n) is 2.15. The van der Waals surface area contributed by atoms with Gasteiger partial charge in [0.2, 0.25) is 5.91 Å². The summed E-state index contributed by atoms with van der Waals surface area (Å²) in [6.45, 7) is 3.56. The summed E-state index contributed by atoms with van der Waals surface area (Å²) in [5, 5.41) is 5.91. The lowest BCUT2D eigenvalue weighted by atomic mass is 9.77. The van der Waals surface area contributed by atoms with Crippen LogP contribution in [0.25, 0.3) is 0 Å². The van der Waals surface area contributed by atoms with Crippen molar-refractivity contribution in [2.24, 2.45) is 5.41 Å². The number of nitrogens with one attached hydrogen (secondary N) is 2. The maximum Gasteiger partial charge on any atom is 0.411 e. The van der Waals surface area contributed by atoms with Gasteiger partial charge in [-0.2, -0.15) is 13.2 Å². The van der Waals surface area contributed by atoms with E-state index in [-0.39, 0.29) is 23.9 Å². The Balaban J connectivity index is 0.00000361. The fraction of sp³-hybridized carbons (Fsp3) is 0.917. The van der Waals surface area contributed by atoms with Crippen LogP contribution in [0.4, 0.5) is 13.2 Å². The Bertz CT molecular complexity index is 312. The van der Waals surface area contributed by atoms with Crippen molar-refractivity contribution in [3.8, 4) is 0 Å². The molecule has 0 bridgehead atoms. The Labute approximate surface area is 123 Å². The number of halogens is 4. The number of hydrogen-bond acceptors (Lipinski definition) is 3. The largest absolute Gasteiger partial charge is 0.411 e. The molecule has 1 fully saturated rings. The van der Waals surface area contributed by atoms with E-state index in [1.807, 2.05) is 0 Å². The summed E-state index contributed by atoms with van der Waals surface area (Å²) in [7, 11) is 0. The van der Waals surface area contributed by atoms with Crippen LogP contribution in [0, 0.1) is 5.41 Å². The van der Waals surface area contributed by atoms with Gasteiger partial charge < -0.3 is 15.4 Å². The normalized spacial score (nSPS) is 21.9. The molecule has 1 aliphatic rings. The number of carbonyl (C=O) groups is 1. The van der Waals surface area contributed by atoms with Crippen molar-refractivity contribution in [2.75, 3.05) is 26.3 Å². The van der Waals surface area contributed by atoms with Gasteiger partial charge in [0.05, 0.1) is 0 Å². The highest BCUT2D eigenvalue weighted by Crippen LogP contribution is 2.29. The summed E-state index contributed by atoms with van der Waals surface area (Å²) >= 11 is 0. The molecule has 0 spiro atoms. The molecule has 0 aromatic rings. The molecule has 1 rings (SSSR count). The third-order valence-corrected chi connectivity index (χ3v) is 3.33. The molecule has 0 aromatic heterocycles. The molecule has 20 heavy (non-hydrogen) atoms.